The van der Waals surface area contributed by atoms with E-state index in [1.165, 1.54) is 11.8 Å². The van der Waals surface area contributed by atoms with Crippen LogP contribution in [0.15, 0.2) is 41.7 Å². The lowest BCUT2D eigenvalue weighted by atomic mass is 10.1. The Balaban J connectivity index is 1.50. The van der Waals surface area contributed by atoms with E-state index >= 15 is 0 Å². The van der Waals surface area contributed by atoms with Gasteiger partial charge in [-0.1, -0.05) is 11.8 Å². The van der Waals surface area contributed by atoms with Crippen LogP contribution < -0.4 is 10.1 Å². The van der Waals surface area contributed by atoms with Gasteiger partial charge in [0, 0.05) is 28.8 Å². The van der Waals surface area contributed by atoms with Crippen LogP contribution in [0.1, 0.15) is 28.1 Å². The summed E-state index contributed by atoms with van der Waals surface area (Å²) in [4.78, 5) is 25.8. The second-order valence-corrected chi connectivity index (χ2v) is 8.12. The molecule has 0 atom stereocenters. The predicted molar refractivity (Wildman–Crippen MR) is 125 cm³/mol. The highest BCUT2D eigenvalue weighted by molar-refractivity contribution is 7.98. The summed E-state index contributed by atoms with van der Waals surface area (Å²) >= 11 is 1.44. The number of anilines is 1. The maximum Gasteiger partial charge on any atom is 0.253 e. The highest BCUT2D eigenvalue weighted by Gasteiger charge is 2.17. The number of hydrogen-bond donors (Lipinski definition) is 1. The highest BCUT2D eigenvalue weighted by atomic mass is 32.2. The zero-order valence-corrected chi connectivity index (χ0v) is 19.4. The molecule has 0 aliphatic rings. The molecule has 166 valence electrons. The molecule has 1 amide bonds. The van der Waals surface area contributed by atoms with E-state index in [0.717, 1.165) is 22.5 Å². The molecule has 10 heteroatoms. The Morgan fingerprint density at radius 3 is 2.79 bits per heavy atom. The van der Waals surface area contributed by atoms with Gasteiger partial charge in [0.05, 0.1) is 6.42 Å². The van der Waals surface area contributed by atoms with Gasteiger partial charge in [-0.3, -0.25) is 4.79 Å². The molecule has 1 N–H and O–H groups in total. The van der Waals surface area contributed by atoms with Gasteiger partial charge in [0.2, 0.25) is 16.9 Å². The predicted octanol–water partition coefficient (Wildman–Crippen LogP) is 4.01. The van der Waals surface area contributed by atoms with E-state index in [0.29, 0.717) is 27.9 Å². The van der Waals surface area contributed by atoms with E-state index in [4.69, 9.17) is 4.74 Å². The first kappa shape index (κ1) is 22.2. The summed E-state index contributed by atoms with van der Waals surface area (Å²) in [6, 6.07) is 10.6. The summed E-state index contributed by atoms with van der Waals surface area (Å²) in [6.45, 7) is 5.65. The lowest BCUT2D eigenvalue weighted by Crippen LogP contribution is -2.18. The molecule has 0 aliphatic carbocycles. The van der Waals surface area contributed by atoms with Crippen molar-refractivity contribution in [2.75, 3.05) is 11.6 Å². The standard InChI is InChI=1S/C23H21N7O2S/c1-13-10-17(32-21-16(12-24)6-5-9-25-21)7-8-19(13)27-20(31)11-18-14(2)26-22-28-23(33-4)29-30(22)15(18)3/h5-10H,11H2,1-4H3,(H,27,31). The van der Waals surface area contributed by atoms with Crippen LogP contribution in [-0.2, 0) is 11.2 Å². The second-order valence-electron chi connectivity index (χ2n) is 7.34. The number of rotatable bonds is 6. The molecule has 1 aromatic carbocycles. The van der Waals surface area contributed by atoms with E-state index in [2.05, 4.69) is 31.4 Å². The zero-order valence-electron chi connectivity index (χ0n) is 18.6. The zero-order chi connectivity index (χ0) is 23.5. The maximum atomic E-state index is 12.8. The largest absolute Gasteiger partial charge is 0.438 e. The summed E-state index contributed by atoms with van der Waals surface area (Å²) in [5.74, 6) is 1.12. The van der Waals surface area contributed by atoms with E-state index < -0.39 is 0 Å². The van der Waals surface area contributed by atoms with Crippen LogP contribution in [0, 0.1) is 32.1 Å². The number of aromatic nitrogens is 5. The van der Waals surface area contributed by atoms with Crippen LogP contribution in [0.2, 0.25) is 0 Å². The Kier molecular flexibility index (Phi) is 6.24. The fraction of sp³-hybridized carbons (Fsp3) is 0.217. The van der Waals surface area contributed by atoms with Gasteiger partial charge in [0.15, 0.2) is 0 Å². The molecule has 0 bridgehead atoms. The smallest absolute Gasteiger partial charge is 0.253 e. The fourth-order valence-corrected chi connectivity index (χ4v) is 3.73. The third-order valence-electron chi connectivity index (χ3n) is 5.13. The van der Waals surface area contributed by atoms with E-state index in [1.807, 2.05) is 27.0 Å². The van der Waals surface area contributed by atoms with Gasteiger partial charge in [0.1, 0.15) is 17.4 Å². The van der Waals surface area contributed by atoms with Gasteiger partial charge in [-0.25, -0.2) is 14.5 Å². The van der Waals surface area contributed by atoms with E-state index in [9.17, 15) is 10.1 Å². The number of pyridine rings is 1. The van der Waals surface area contributed by atoms with Crippen molar-refractivity contribution in [3.63, 3.8) is 0 Å². The van der Waals surface area contributed by atoms with Crippen LogP contribution in [0.4, 0.5) is 5.69 Å². The fourth-order valence-electron chi connectivity index (χ4n) is 3.40. The van der Waals surface area contributed by atoms with Crippen LogP contribution in [0.5, 0.6) is 11.6 Å². The third-order valence-corrected chi connectivity index (χ3v) is 5.67. The number of aryl methyl sites for hydroxylation is 3. The number of ether oxygens (including phenoxy) is 1. The van der Waals surface area contributed by atoms with Crippen LogP contribution >= 0.6 is 11.8 Å². The minimum atomic E-state index is -0.166. The monoisotopic (exact) mass is 459 g/mol. The Bertz CT molecular complexity index is 1410. The van der Waals surface area contributed by atoms with Crippen LogP contribution in [-0.4, -0.2) is 36.7 Å². The first-order chi connectivity index (χ1) is 15.9. The Morgan fingerprint density at radius 1 is 1.24 bits per heavy atom. The first-order valence-corrected chi connectivity index (χ1v) is 11.3. The summed E-state index contributed by atoms with van der Waals surface area (Å²) in [5.41, 5.74) is 4.24. The molecule has 0 unspecified atom stereocenters. The second kappa shape index (κ2) is 9.26. The van der Waals surface area contributed by atoms with E-state index in [1.54, 1.807) is 41.0 Å². The molecule has 4 aromatic rings. The van der Waals surface area contributed by atoms with Crippen molar-refractivity contribution >= 4 is 29.1 Å². The first-order valence-electron chi connectivity index (χ1n) is 10.1. The number of nitrogens with one attached hydrogen (secondary N) is 1. The molecule has 0 saturated carbocycles. The van der Waals surface area contributed by atoms with Crippen molar-refractivity contribution < 1.29 is 9.53 Å². The lowest BCUT2D eigenvalue weighted by molar-refractivity contribution is -0.115. The quantitative estimate of drug-likeness (QED) is 0.430. The van der Waals surface area contributed by atoms with Gasteiger partial charge in [-0.15, -0.1) is 5.10 Å². The molecule has 3 aromatic heterocycles. The Labute approximate surface area is 194 Å². The van der Waals surface area contributed by atoms with Gasteiger partial charge >= 0.3 is 0 Å². The number of amides is 1. The summed E-state index contributed by atoms with van der Waals surface area (Å²) in [5, 5.41) is 17.2. The highest BCUT2D eigenvalue weighted by Crippen LogP contribution is 2.27. The number of hydrogen-bond acceptors (Lipinski definition) is 8. The van der Waals surface area contributed by atoms with Crippen LogP contribution in [0.3, 0.4) is 0 Å². The van der Waals surface area contributed by atoms with E-state index in [-0.39, 0.29) is 18.2 Å². The number of carbonyl (C=O) groups excluding carboxylic acids is 1. The van der Waals surface area contributed by atoms with Gasteiger partial charge < -0.3 is 10.1 Å². The number of carbonyl (C=O) groups is 1. The molecule has 0 aliphatic heterocycles. The maximum absolute atomic E-state index is 12.8. The van der Waals surface area contributed by atoms with Crippen molar-refractivity contribution in [2.24, 2.45) is 0 Å². The molecule has 0 fully saturated rings. The average Bonchev–Trinajstić information content (AvgIpc) is 3.22. The normalized spacial score (nSPS) is 10.8. The summed E-state index contributed by atoms with van der Waals surface area (Å²) in [6.07, 6.45) is 3.63. The molecule has 0 saturated heterocycles. The summed E-state index contributed by atoms with van der Waals surface area (Å²) in [7, 11) is 0. The lowest BCUT2D eigenvalue weighted by Gasteiger charge is -2.13. The molecular formula is C23H21N7O2S. The van der Waals surface area contributed by atoms with Crippen molar-refractivity contribution in [1.82, 2.24) is 24.6 Å². The molecule has 3 heterocycles. The molecule has 0 radical (unpaired) electrons. The van der Waals surface area contributed by atoms with Gasteiger partial charge in [0.25, 0.3) is 5.78 Å². The molecule has 0 spiro atoms. The minimum Gasteiger partial charge on any atom is -0.438 e. The van der Waals surface area contributed by atoms with Crippen molar-refractivity contribution in [3.05, 3.63) is 64.6 Å². The SMILES string of the molecule is CSc1nc2nc(C)c(CC(=O)Nc3ccc(Oc4ncccc4C#N)cc3C)c(C)n2n1. The molecule has 4 rings (SSSR count). The van der Waals surface area contributed by atoms with Gasteiger partial charge in [-0.2, -0.15) is 10.2 Å². The number of fused-ring (bicyclic) bond motifs is 1. The van der Waals surface area contributed by atoms with Crippen molar-refractivity contribution in [1.29, 1.82) is 5.26 Å². The summed E-state index contributed by atoms with van der Waals surface area (Å²) < 4.78 is 7.42. The molecule has 9 nitrogen and oxygen atoms in total. The van der Waals surface area contributed by atoms with Crippen LogP contribution in [0.25, 0.3) is 5.78 Å². The number of nitrogens with zero attached hydrogens (tertiary/aromatic N) is 6. The average molecular weight is 460 g/mol. The number of benzene rings is 1. The van der Waals surface area contributed by atoms with Crippen molar-refractivity contribution in [2.45, 2.75) is 32.3 Å². The topological polar surface area (TPSA) is 118 Å². The van der Waals surface area contributed by atoms with Gasteiger partial charge in [-0.05, 0) is 62.9 Å². The van der Waals surface area contributed by atoms with Crippen molar-refractivity contribution in [3.8, 4) is 17.7 Å². The Hall–Kier alpha value is -3.97. The Morgan fingerprint density at radius 2 is 2.06 bits per heavy atom. The third kappa shape index (κ3) is 4.63. The molecular weight excluding hydrogens is 438 g/mol. The molecule has 33 heavy (non-hydrogen) atoms. The minimum absolute atomic E-state index is 0.159. The number of thioether (sulfide) groups is 1. The number of nitriles is 1.